The van der Waals surface area contributed by atoms with E-state index in [4.69, 9.17) is 4.74 Å². The smallest absolute Gasteiger partial charge is 0.305 e. The molecule has 0 spiro atoms. The number of ether oxygens (including phenoxy) is 1. The predicted octanol–water partition coefficient (Wildman–Crippen LogP) is 8.30. The van der Waals surface area contributed by atoms with Crippen molar-refractivity contribution >= 4 is 55.0 Å². The van der Waals surface area contributed by atoms with Gasteiger partial charge in [-0.1, -0.05) is 37.5 Å². The minimum Gasteiger partial charge on any atom is -0.744 e. The largest absolute Gasteiger partial charge is 0.744 e. The topological polar surface area (TPSA) is 198 Å². The summed E-state index contributed by atoms with van der Waals surface area (Å²) in [6.45, 7) is 10.9. The summed E-state index contributed by atoms with van der Waals surface area (Å²) in [5.74, 6) is -0.971. The van der Waals surface area contributed by atoms with Gasteiger partial charge in [-0.15, -0.1) is 0 Å². The maximum Gasteiger partial charge on any atom is 0.305 e. The van der Waals surface area contributed by atoms with Crippen molar-refractivity contribution in [2.45, 2.75) is 139 Å². The van der Waals surface area contributed by atoms with Crippen LogP contribution in [0.1, 0.15) is 129 Å². The zero-order valence-electron chi connectivity index (χ0n) is 35.4. The number of carbonyl (C=O) groups is 3. The van der Waals surface area contributed by atoms with Crippen LogP contribution >= 0.6 is 0 Å². The van der Waals surface area contributed by atoms with Gasteiger partial charge in [-0.2, -0.15) is 13.0 Å². The lowest BCUT2D eigenvalue weighted by Crippen LogP contribution is -2.29. The molecule has 13 nitrogen and oxygen atoms in total. The van der Waals surface area contributed by atoms with Crippen LogP contribution in [-0.4, -0.2) is 78.8 Å². The highest BCUT2D eigenvalue weighted by Gasteiger charge is 2.45. The molecule has 0 aliphatic carbocycles. The molecule has 0 saturated heterocycles. The monoisotopic (exact) mass is 868 g/mol. The Kier molecular flexibility index (Phi) is 16.8. The number of nitrogens with zero attached hydrogens (tertiary/aromatic N) is 2. The van der Waals surface area contributed by atoms with E-state index in [1.54, 1.807) is 26.0 Å². The van der Waals surface area contributed by atoms with E-state index in [9.17, 15) is 45.4 Å². The fraction of sp³-hybridized carbons (Fsp3) is 0.511. The number of benzene rings is 2. The van der Waals surface area contributed by atoms with Crippen molar-refractivity contribution in [3.8, 4) is 0 Å². The molecule has 0 saturated carbocycles. The SMILES string of the molecule is CCOC(=O)CCCCCN1\C(=C/C=C/C=C/C2=[N+](CCCCCC(C)=O)c3ccc(S(=O)(=O)[O-])cc3C2(C)C)C(C)(CCCCCC(=O)O)c2cc(S(=O)(=O)O)ccc21. The van der Waals surface area contributed by atoms with E-state index < -0.39 is 37.0 Å². The number of ketones is 1. The van der Waals surface area contributed by atoms with Gasteiger partial charge in [0.25, 0.3) is 10.1 Å². The Balaban J connectivity index is 1.71. The molecule has 15 heteroatoms. The molecule has 0 fully saturated rings. The van der Waals surface area contributed by atoms with Gasteiger partial charge in [0.15, 0.2) is 5.71 Å². The summed E-state index contributed by atoms with van der Waals surface area (Å²) >= 11 is 0. The third kappa shape index (κ3) is 12.3. The molecule has 2 heterocycles. The second kappa shape index (κ2) is 20.9. The van der Waals surface area contributed by atoms with Crippen molar-refractivity contribution in [2.75, 3.05) is 24.6 Å². The summed E-state index contributed by atoms with van der Waals surface area (Å²) in [6, 6.07) is 9.10. The van der Waals surface area contributed by atoms with Crippen LogP contribution in [-0.2, 0) is 50.2 Å². The van der Waals surface area contributed by atoms with Crippen molar-refractivity contribution in [3.63, 3.8) is 0 Å². The molecule has 1 atom stereocenters. The van der Waals surface area contributed by atoms with Crippen LogP contribution in [0.2, 0.25) is 0 Å². The third-order valence-electron chi connectivity index (χ3n) is 11.4. The summed E-state index contributed by atoms with van der Waals surface area (Å²) in [6.07, 6.45) is 17.4. The summed E-state index contributed by atoms with van der Waals surface area (Å²) in [7, 11) is -9.19. The number of anilines is 1. The Morgan fingerprint density at radius 3 is 2.13 bits per heavy atom. The van der Waals surface area contributed by atoms with Crippen molar-refractivity contribution in [2.24, 2.45) is 0 Å². The molecule has 2 aromatic carbocycles. The van der Waals surface area contributed by atoms with Crippen LogP contribution in [0.3, 0.4) is 0 Å². The zero-order chi connectivity index (χ0) is 44.3. The van der Waals surface area contributed by atoms with Gasteiger partial charge >= 0.3 is 11.9 Å². The lowest BCUT2D eigenvalue weighted by molar-refractivity contribution is -0.438. The highest BCUT2D eigenvalue weighted by molar-refractivity contribution is 7.86. The molecule has 1 unspecified atom stereocenters. The summed E-state index contributed by atoms with van der Waals surface area (Å²) in [5, 5.41) is 9.20. The molecule has 2 aliphatic heterocycles. The highest BCUT2D eigenvalue weighted by Crippen LogP contribution is 2.51. The average molecular weight is 869 g/mol. The number of esters is 1. The van der Waals surface area contributed by atoms with Crippen LogP contribution in [0.15, 0.2) is 82.3 Å². The number of rotatable bonds is 24. The average Bonchev–Trinajstić information content (AvgIpc) is 3.52. The molecule has 0 bridgehead atoms. The second-order valence-corrected chi connectivity index (χ2v) is 19.1. The highest BCUT2D eigenvalue weighted by atomic mass is 32.2. The molecule has 2 aliphatic rings. The first-order chi connectivity index (χ1) is 28.2. The van der Waals surface area contributed by atoms with Crippen molar-refractivity contribution in [1.82, 2.24) is 0 Å². The number of fused-ring (bicyclic) bond motifs is 2. The number of Topliss-reactive ketones (excluding diaryl/α,β-unsaturated/α-hetero) is 1. The molecule has 328 valence electrons. The number of allylic oxidation sites excluding steroid dienone is 6. The predicted molar refractivity (Wildman–Crippen MR) is 230 cm³/mol. The number of carbonyl (C=O) groups excluding carboxylic acids is 2. The van der Waals surface area contributed by atoms with Crippen molar-refractivity contribution in [3.05, 3.63) is 83.6 Å². The molecule has 2 aromatic rings. The van der Waals surface area contributed by atoms with Gasteiger partial charge in [-0.3, -0.25) is 14.1 Å². The first kappa shape index (κ1) is 48.2. The maximum atomic E-state index is 12.3. The van der Waals surface area contributed by atoms with Crippen LogP contribution in [0.5, 0.6) is 0 Å². The summed E-state index contributed by atoms with van der Waals surface area (Å²) in [5.41, 5.74) is 3.52. The Labute approximate surface area is 355 Å². The number of carboxylic acid groups (broad SMARTS) is 1. The standard InChI is InChI=1S/C45H60N2O11S2/c1-6-58-43(51)23-15-10-18-30-47-39-27-25-35(60(55,56)57)32-37(39)45(5,28-16-8-14-22-42(49)50)41(47)21-13-7-12-20-40-44(3,4)36-31-34(59(52,53)54)24-26-38(36)46(40)29-17-9-11-19-33(2)48/h7,12-13,20-21,24-27,31-32H,6,8-11,14-19,22-23,28-30H2,1-5H3,(H2-,49,50,52,53,54,55,56,57). The first-order valence-corrected chi connectivity index (χ1v) is 23.6. The van der Waals surface area contributed by atoms with E-state index in [0.717, 1.165) is 66.0 Å². The van der Waals surface area contributed by atoms with Gasteiger partial charge in [0.2, 0.25) is 5.69 Å². The maximum absolute atomic E-state index is 12.3. The van der Waals surface area contributed by atoms with Crippen LogP contribution in [0.4, 0.5) is 11.4 Å². The minimum absolute atomic E-state index is 0.0486. The zero-order valence-corrected chi connectivity index (χ0v) is 37.1. The molecule has 0 radical (unpaired) electrons. The van der Waals surface area contributed by atoms with Gasteiger partial charge in [0.1, 0.15) is 22.4 Å². The van der Waals surface area contributed by atoms with E-state index in [1.807, 2.05) is 51.2 Å². The van der Waals surface area contributed by atoms with Gasteiger partial charge in [0.05, 0.1) is 21.8 Å². The Hall–Kier alpha value is -4.44. The first-order valence-electron chi connectivity index (χ1n) is 20.8. The van der Waals surface area contributed by atoms with E-state index >= 15 is 0 Å². The van der Waals surface area contributed by atoms with Crippen LogP contribution < -0.4 is 4.90 Å². The molecular weight excluding hydrogens is 809 g/mol. The molecule has 0 aromatic heterocycles. The van der Waals surface area contributed by atoms with Gasteiger partial charge in [-0.05, 0) is 115 Å². The molecular formula is C45H60N2O11S2. The summed E-state index contributed by atoms with van der Waals surface area (Å²) in [4.78, 5) is 36.3. The van der Waals surface area contributed by atoms with Crippen LogP contribution in [0.25, 0.3) is 0 Å². The Bertz CT molecular complexity index is 2260. The van der Waals surface area contributed by atoms with Crippen molar-refractivity contribution < 1.29 is 54.7 Å². The normalized spacial score (nSPS) is 18.2. The van der Waals surface area contributed by atoms with Gasteiger partial charge in [-0.25, -0.2) is 8.42 Å². The van der Waals surface area contributed by atoms with Crippen molar-refractivity contribution in [1.29, 1.82) is 0 Å². The quantitative estimate of drug-likeness (QED) is 0.0337. The van der Waals surface area contributed by atoms with E-state index in [1.165, 1.54) is 24.3 Å². The Morgan fingerprint density at radius 1 is 0.817 bits per heavy atom. The number of hydrogen-bond acceptors (Lipinski definition) is 10. The fourth-order valence-corrected chi connectivity index (χ4v) is 9.31. The lowest BCUT2D eigenvalue weighted by Gasteiger charge is -2.30. The molecule has 4 rings (SSSR count). The summed E-state index contributed by atoms with van der Waals surface area (Å²) < 4.78 is 77.9. The Morgan fingerprint density at radius 2 is 1.47 bits per heavy atom. The van der Waals surface area contributed by atoms with Gasteiger partial charge in [0, 0.05) is 66.7 Å². The number of carboxylic acids is 1. The van der Waals surface area contributed by atoms with E-state index in [0.29, 0.717) is 64.6 Å². The second-order valence-electron chi connectivity index (χ2n) is 16.3. The molecule has 0 amide bonds. The lowest BCUT2D eigenvalue weighted by atomic mass is 9.77. The molecule has 60 heavy (non-hydrogen) atoms. The number of hydrogen-bond donors (Lipinski definition) is 2. The number of aliphatic carboxylic acids is 1. The van der Waals surface area contributed by atoms with E-state index in [-0.39, 0.29) is 28.0 Å². The minimum atomic E-state index is -4.68. The third-order valence-corrected chi connectivity index (χ3v) is 13.1. The van der Waals surface area contributed by atoms with Crippen LogP contribution in [0, 0.1) is 0 Å². The molecule has 2 N–H and O–H groups in total. The number of unbranched alkanes of at least 4 members (excludes halogenated alkanes) is 6. The van der Waals surface area contributed by atoms with Gasteiger partial charge < -0.3 is 24.1 Å². The fourth-order valence-electron chi connectivity index (χ4n) is 8.31. The van der Waals surface area contributed by atoms with E-state index in [2.05, 4.69) is 9.48 Å².